The summed E-state index contributed by atoms with van der Waals surface area (Å²) in [5.41, 5.74) is 0.0264. The van der Waals surface area contributed by atoms with Crippen molar-refractivity contribution in [3.8, 4) is 0 Å². The minimum atomic E-state index is -2.86. The van der Waals surface area contributed by atoms with Gasteiger partial charge >= 0.3 is 0 Å². The number of primary amides is 1. The molecule has 4 N–H and O–H groups in total. The number of nitrogens with two attached hydrogens (primary N) is 1. The van der Waals surface area contributed by atoms with Crippen LogP contribution in [0.5, 0.6) is 0 Å². The zero-order chi connectivity index (χ0) is 23.9. The molecule has 32 heavy (non-hydrogen) atoms. The number of nitrogens with zero attached hydrogens (tertiary/aromatic N) is 1. The van der Waals surface area contributed by atoms with E-state index >= 15 is 0 Å². The molecule has 0 heterocycles. The fourth-order valence-electron chi connectivity index (χ4n) is 5.85. The van der Waals surface area contributed by atoms with E-state index in [1.54, 1.807) is 0 Å². The minimum absolute atomic E-state index is 0.00753. The van der Waals surface area contributed by atoms with Crippen LogP contribution >= 0.6 is 0 Å². The molecular weight excluding hydrogens is 423 g/mol. The summed E-state index contributed by atoms with van der Waals surface area (Å²) in [4.78, 5) is 66.2. The highest BCUT2D eigenvalue weighted by molar-refractivity contribution is 6.32. The monoisotopic (exact) mass is 446 g/mol. The fourth-order valence-corrected chi connectivity index (χ4v) is 5.85. The smallest absolute Gasteiger partial charge is 0.235 e. The highest BCUT2D eigenvalue weighted by atomic mass is 19.1. The lowest BCUT2D eigenvalue weighted by molar-refractivity contribution is -0.188. The predicted octanol–water partition coefficient (Wildman–Crippen LogP) is -1.03. The summed E-state index contributed by atoms with van der Waals surface area (Å²) in [6, 6.07) is 2.46. The Hall–Kier alpha value is -2.82. The van der Waals surface area contributed by atoms with E-state index in [2.05, 4.69) is 0 Å². The van der Waals surface area contributed by atoms with Gasteiger partial charge in [-0.15, -0.1) is 0 Å². The number of hydrogen-bond donors (Lipinski definition) is 3. The van der Waals surface area contributed by atoms with Crippen LogP contribution < -0.4 is 5.73 Å². The first-order valence-corrected chi connectivity index (χ1v) is 10.1. The number of fused-ring (bicyclic) bond motifs is 3. The Kier molecular flexibility index (Phi) is 4.78. The van der Waals surface area contributed by atoms with Crippen LogP contribution in [-0.2, 0) is 24.8 Å². The molecular formula is C22H23FN2O7. The van der Waals surface area contributed by atoms with E-state index in [1.807, 2.05) is 0 Å². The maximum absolute atomic E-state index is 14.6. The maximum atomic E-state index is 14.6. The number of aliphatic hydroxyl groups is 2. The molecule has 0 spiro atoms. The largest absolute Gasteiger partial charge is 0.385 e. The van der Waals surface area contributed by atoms with Gasteiger partial charge in [0.25, 0.3) is 0 Å². The molecule has 9 nitrogen and oxygen atoms in total. The Labute approximate surface area is 182 Å². The van der Waals surface area contributed by atoms with Crippen molar-refractivity contribution in [2.75, 3.05) is 14.1 Å². The summed E-state index contributed by atoms with van der Waals surface area (Å²) in [7, 11) is 2.95. The molecule has 10 heteroatoms. The minimum Gasteiger partial charge on any atom is -0.385 e. The van der Waals surface area contributed by atoms with Crippen molar-refractivity contribution >= 4 is 29.0 Å². The van der Waals surface area contributed by atoms with E-state index in [9.17, 15) is 38.6 Å². The summed E-state index contributed by atoms with van der Waals surface area (Å²) in [5, 5.41) is 22.8. The van der Waals surface area contributed by atoms with Gasteiger partial charge in [0.1, 0.15) is 5.82 Å². The average molecular weight is 446 g/mol. The van der Waals surface area contributed by atoms with Gasteiger partial charge in [-0.3, -0.25) is 28.9 Å². The zero-order valence-electron chi connectivity index (χ0n) is 17.7. The molecule has 1 aromatic carbocycles. The molecule has 7 unspecified atom stereocenters. The number of Topliss-reactive ketones (excluding diaryl/α,β-unsaturated/α-hetero) is 4. The van der Waals surface area contributed by atoms with Crippen LogP contribution in [0.3, 0.4) is 0 Å². The number of halogens is 1. The van der Waals surface area contributed by atoms with Gasteiger partial charge in [-0.2, -0.15) is 0 Å². The van der Waals surface area contributed by atoms with Crippen LogP contribution in [0, 0.1) is 29.5 Å². The summed E-state index contributed by atoms with van der Waals surface area (Å²) in [5.74, 6) is -13.0. The standard InChI is InChI=1S/C22H23FN2O7/c1-21(31)8-5-4-6-11(23)12(8)16(26)13-9(21)7-10-15(25(2)3)17(27)14(20(24)30)19(29)22(10,32)18(13)28/h4-6,9-10,13-15,31-32H,7H2,1-3H3,(H2,24,30). The van der Waals surface area contributed by atoms with Gasteiger partial charge in [0.2, 0.25) is 5.91 Å². The first-order valence-electron chi connectivity index (χ1n) is 10.1. The lowest BCUT2D eigenvalue weighted by atomic mass is 9.50. The molecule has 0 bridgehead atoms. The topological polar surface area (TPSA) is 155 Å². The van der Waals surface area contributed by atoms with Crippen LogP contribution in [0.1, 0.15) is 29.3 Å². The molecule has 2 saturated carbocycles. The zero-order valence-corrected chi connectivity index (χ0v) is 17.7. The van der Waals surface area contributed by atoms with Crippen LogP contribution in [0.15, 0.2) is 18.2 Å². The molecule has 3 aliphatic carbocycles. The van der Waals surface area contributed by atoms with Gasteiger partial charge in [0.15, 0.2) is 34.7 Å². The molecule has 3 aliphatic rings. The Morgan fingerprint density at radius 1 is 1.12 bits per heavy atom. The quantitative estimate of drug-likeness (QED) is 0.487. The van der Waals surface area contributed by atoms with E-state index in [0.717, 1.165) is 6.07 Å². The number of benzene rings is 1. The van der Waals surface area contributed by atoms with Gasteiger partial charge in [-0.25, -0.2) is 4.39 Å². The van der Waals surface area contributed by atoms with Crippen LogP contribution in [0.4, 0.5) is 4.39 Å². The highest BCUT2D eigenvalue weighted by Crippen LogP contribution is 2.54. The Bertz CT molecular complexity index is 1100. The number of ketones is 4. The molecule has 0 radical (unpaired) electrons. The summed E-state index contributed by atoms with van der Waals surface area (Å²) >= 11 is 0. The number of rotatable bonds is 2. The van der Waals surface area contributed by atoms with Crippen LogP contribution in [-0.4, -0.2) is 69.9 Å². The van der Waals surface area contributed by atoms with Gasteiger partial charge in [-0.05, 0) is 39.1 Å². The molecule has 0 aromatic heterocycles. The van der Waals surface area contributed by atoms with E-state index in [-0.39, 0.29) is 12.0 Å². The second kappa shape index (κ2) is 6.84. The van der Waals surface area contributed by atoms with Crippen LogP contribution in [0.25, 0.3) is 0 Å². The van der Waals surface area contributed by atoms with Crippen molar-refractivity contribution in [1.82, 2.24) is 4.90 Å². The number of likely N-dealkylation sites (N-methyl/N-ethyl adjacent to an activating group) is 1. The van der Waals surface area contributed by atoms with Crippen molar-refractivity contribution in [1.29, 1.82) is 0 Å². The molecule has 0 saturated heterocycles. The number of carbonyl (C=O) groups excluding carboxylic acids is 5. The van der Waals surface area contributed by atoms with Crippen molar-refractivity contribution in [3.05, 3.63) is 35.1 Å². The van der Waals surface area contributed by atoms with E-state index in [4.69, 9.17) is 5.73 Å². The third-order valence-corrected chi connectivity index (χ3v) is 7.35. The second-order valence-electron chi connectivity index (χ2n) is 9.24. The van der Waals surface area contributed by atoms with Crippen molar-refractivity contribution in [2.24, 2.45) is 29.4 Å². The normalized spacial score (nSPS) is 38.9. The maximum Gasteiger partial charge on any atom is 0.235 e. The van der Waals surface area contributed by atoms with Gasteiger partial charge < -0.3 is 15.9 Å². The number of amides is 1. The fraction of sp³-hybridized carbons (Fsp3) is 0.500. The Morgan fingerprint density at radius 3 is 2.31 bits per heavy atom. The summed E-state index contributed by atoms with van der Waals surface area (Å²) in [6.45, 7) is 1.33. The predicted molar refractivity (Wildman–Crippen MR) is 106 cm³/mol. The van der Waals surface area contributed by atoms with Crippen molar-refractivity contribution in [3.63, 3.8) is 0 Å². The van der Waals surface area contributed by atoms with Gasteiger partial charge in [-0.1, -0.05) is 12.1 Å². The van der Waals surface area contributed by atoms with Gasteiger partial charge in [0.05, 0.1) is 23.1 Å². The van der Waals surface area contributed by atoms with Crippen LogP contribution in [0.2, 0.25) is 0 Å². The third-order valence-electron chi connectivity index (χ3n) is 7.35. The molecule has 7 atom stereocenters. The number of hydrogen-bond acceptors (Lipinski definition) is 8. The molecule has 1 amide bonds. The third kappa shape index (κ3) is 2.57. The summed E-state index contributed by atoms with van der Waals surface area (Å²) < 4.78 is 14.6. The number of carbonyl (C=O) groups is 5. The summed E-state index contributed by atoms with van der Waals surface area (Å²) in [6.07, 6.45) is -0.270. The van der Waals surface area contributed by atoms with Crippen molar-refractivity contribution in [2.45, 2.75) is 30.6 Å². The lowest BCUT2D eigenvalue weighted by Gasteiger charge is -2.55. The van der Waals surface area contributed by atoms with Gasteiger partial charge in [0, 0.05) is 11.8 Å². The average Bonchev–Trinajstić information content (AvgIpc) is 2.68. The molecule has 170 valence electrons. The Balaban J connectivity index is 1.95. The van der Waals surface area contributed by atoms with E-state index < -0.39 is 81.3 Å². The van der Waals surface area contributed by atoms with E-state index in [1.165, 1.54) is 38.1 Å². The molecule has 4 rings (SSSR count). The molecule has 0 aliphatic heterocycles. The Morgan fingerprint density at radius 2 is 1.75 bits per heavy atom. The first kappa shape index (κ1) is 22.4. The van der Waals surface area contributed by atoms with Crippen molar-refractivity contribution < 1.29 is 38.6 Å². The molecule has 1 aromatic rings. The highest BCUT2D eigenvalue weighted by Gasteiger charge is 2.71. The molecule has 2 fully saturated rings. The SMILES string of the molecule is CN(C)C1C(=O)C(C(N)=O)C(=O)C2(O)C(=O)C3C(=O)c4c(F)cccc4C(C)(O)C3CC12. The second-order valence-corrected chi connectivity index (χ2v) is 9.24. The van der Waals surface area contributed by atoms with E-state index in [0.29, 0.717) is 0 Å². The first-order chi connectivity index (χ1) is 14.8. The lowest BCUT2D eigenvalue weighted by Crippen LogP contribution is -2.75.